The molecule has 0 fully saturated rings. The molecule has 2 aromatic carbocycles. The van der Waals surface area contributed by atoms with Crippen molar-refractivity contribution >= 4 is 34.7 Å². The number of aromatic nitrogens is 2. The molecule has 8 nitrogen and oxygen atoms in total. The van der Waals surface area contributed by atoms with Gasteiger partial charge in [0, 0.05) is 11.4 Å². The van der Waals surface area contributed by atoms with Gasteiger partial charge in [-0.1, -0.05) is 0 Å². The molecule has 1 aromatic heterocycles. The second-order valence-electron chi connectivity index (χ2n) is 5.69. The standard InChI is InChI=1S/C18H14F3N5O3/c19-18(20,21)29-13-7-5-12(6-8-13)26-16-14(22)15(23-9-24-16)25-11-3-1-10(2-4-11)17(27)28/h1-9H,22H2,(H,27,28)(H2,23,24,25,26). The second kappa shape index (κ2) is 7.92. The van der Waals surface area contributed by atoms with E-state index in [2.05, 4.69) is 25.3 Å². The molecule has 0 spiro atoms. The highest BCUT2D eigenvalue weighted by atomic mass is 19.4. The molecule has 0 aliphatic heterocycles. The Labute approximate surface area is 162 Å². The number of hydrogen-bond donors (Lipinski definition) is 4. The van der Waals surface area contributed by atoms with Gasteiger partial charge in [0.05, 0.1) is 5.56 Å². The number of nitrogens with one attached hydrogen (secondary N) is 2. The molecule has 0 radical (unpaired) electrons. The molecule has 0 unspecified atom stereocenters. The van der Waals surface area contributed by atoms with Crippen molar-refractivity contribution in [1.82, 2.24) is 9.97 Å². The van der Waals surface area contributed by atoms with E-state index in [1.807, 2.05) is 0 Å². The Kier molecular flexibility index (Phi) is 5.39. The first kappa shape index (κ1) is 19.7. The van der Waals surface area contributed by atoms with Crippen LogP contribution in [0.2, 0.25) is 0 Å². The van der Waals surface area contributed by atoms with E-state index in [1.54, 1.807) is 12.1 Å². The molecule has 5 N–H and O–H groups in total. The van der Waals surface area contributed by atoms with Crippen LogP contribution in [-0.2, 0) is 0 Å². The Morgan fingerprint density at radius 1 is 0.931 bits per heavy atom. The number of nitrogens with zero attached hydrogens (tertiary/aromatic N) is 2. The summed E-state index contributed by atoms with van der Waals surface area (Å²) in [4.78, 5) is 19.0. The quantitative estimate of drug-likeness (QED) is 0.483. The molecule has 150 valence electrons. The lowest BCUT2D eigenvalue weighted by atomic mass is 10.2. The van der Waals surface area contributed by atoms with Gasteiger partial charge >= 0.3 is 12.3 Å². The van der Waals surface area contributed by atoms with Crippen molar-refractivity contribution in [3.63, 3.8) is 0 Å². The molecule has 0 atom stereocenters. The smallest absolute Gasteiger partial charge is 0.478 e. The number of carboxylic acid groups (broad SMARTS) is 1. The van der Waals surface area contributed by atoms with E-state index < -0.39 is 12.3 Å². The van der Waals surface area contributed by atoms with Crippen molar-refractivity contribution in [2.45, 2.75) is 6.36 Å². The molecular formula is C18H14F3N5O3. The van der Waals surface area contributed by atoms with Gasteiger partial charge in [-0.2, -0.15) is 0 Å². The molecule has 0 amide bonds. The number of benzene rings is 2. The highest BCUT2D eigenvalue weighted by Crippen LogP contribution is 2.29. The third kappa shape index (κ3) is 5.25. The zero-order chi connectivity index (χ0) is 21.0. The summed E-state index contributed by atoms with van der Waals surface area (Å²) in [6, 6.07) is 11.0. The van der Waals surface area contributed by atoms with Crippen LogP contribution in [0.5, 0.6) is 5.75 Å². The lowest BCUT2D eigenvalue weighted by Crippen LogP contribution is -2.17. The molecule has 1 heterocycles. The first-order valence-corrected chi connectivity index (χ1v) is 8.05. The summed E-state index contributed by atoms with van der Waals surface area (Å²) in [5.74, 6) is -0.904. The average Bonchev–Trinajstić information content (AvgIpc) is 2.66. The largest absolute Gasteiger partial charge is 0.573 e. The van der Waals surface area contributed by atoms with Crippen molar-refractivity contribution in [1.29, 1.82) is 0 Å². The van der Waals surface area contributed by atoms with Crippen LogP contribution in [0.3, 0.4) is 0 Å². The minimum Gasteiger partial charge on any atom is -0.478 e. The molecule has 0 saturated heterocycles. The number of alkyl halides is 3. The van der Waals surface area contributed by atoms with E-state index in [0.717, 1.165) is 12.1 Å². The summed E-state index contributed by atoms with van der Waals surface area (Å²) in [5, 5.41) is 14.8. The van der Waals surface area contributed by atoms with Crippen molar-refractivity contribution in [2.24, 2.45) is 0 Å². The maximum atomic E-state index is 12.2. The molecule has 0 aliphatic carbocycles. The number of anilines is 5. The van der Waals surface area contributed by atoms with Gasteiger partial charge in [-0.25, -0.2) is 14.8 Å². The van der Waals surface area contributed by atoms with E-state index >= 15 is 0 Å². The number of carboxylic acids is 1. The topological polar surface area (TPSA) is 122 Å². The number of rotatable bonds is 6. The molecule has 29 heavy (non-hydrogen) atoms. The molecule has 0 aliphatic rings. The van der Waals surface area contributed by atoms with E-state index in [4.69, 9.17) is 10.8 Å². The van der Waals surface area contributed by atoms with Crippen LogP contribution in [0.25, 0.3) is 0 Å². The molecular weight excluding hydrogens is 391 g/mol. The lowest BCUT2D eigenvalue weighted by Gasteiger charge is -2.13. The first-order valence-electron chi connectivity index (χ1n) is 8.05. The monoisotopic (exact) mass is 405 g/mol. The van der Waals surface area contributed by atoms with Crippen molar-refractivity contribution in [2.75, 3.05) is 16.4 Å². The molecule has 0 saturated carbocycles. The highest BCUT2D eigenvalue weighted by Gasteiger charge is 2.30. The Balaban J connectivity index is 1.74. The fraction of sp³-hybridized carbons (Fsp3) is 0.0556. The lowest BCUT2D eigenvalue weighted by molar-refractivity contribution is -0.274. The zero-order valence-corrected chi connectivity index (χ0v) is 14.6. The van der Waals surface area contributed by atoms with Gasteiger partial charge in [0.15, 0.2) is 11.6 Å². The summed E-state index contributed by atoms with van der Waals surface area (Å²) in [6.07, 6.45) is -3.52. The Morgan fingerprint density at radius 3 is 1.86 bits per heavy atom. The van der Waals surface area contributed by atoms with Gasteiger partial charge in [0.25, 0.3) is 0 Å². The summed E-state index contributed by atoms with van der Waals surface area (Å²) in [6.45, 7) is 0. The van der Waals surface area contributed by atoms with Gasteiger partial charge in [0.1, 0.15) is 17.8 Å². The fourth-order valence-corrected chi connectivity index (χ4v) is 2.30. The molecule has 3 rings (SSSR count). The van der Waals surface area contributed by atoms with Crippen LogP contribution < -0.4 is 21.1 Å². The predicted octanol–water partition coefficient (Wildman–Crippen LogP) is 4.14. The minimum atomic E-state index is -4.77. The van der Waals surface area contributed by atoms with Gasteiger partial charge in [-0.15, -0.1) is 13.2 Å². The van der Waals surface area contributed by atoms with Crippen LogP contribution >= 0.6 is 0 Å². The summed E-state index contributed by atoms with van der Waals surface area (Å²) >= 11 is 0. The average molecular weight is 405 g/mol. The van der Waals surface area contributed by atoms with Gasteiger partial charge < -0.3 is 26.2 Å². The maximum Gasteiger partial charge on any atom is 0.573 e. The summed E-state index contributed by atoms with van der Waals surface area (Å²) < 4.78 is 40.5. The maximum absolute atomic E-state index is 12.2. The van der Waals surface area contributed by atoms with E-state index in [9.17, 15) is 18.0 Å². The number of ether oxygens (including phenoxy) is 1. The number of hydrogen-bond acceptors (Lipinski definition) is 7. The summed E-state index contributed by atoms with van der Waals surface area (Å²) in [7, 11) is 0. The SMILES string of the molecule is Nc1c(Nc2ccc(OC(F)(F)F)cc2)ncnc1Nc1ccc(C(=O)O)cc1. The zero-order valence-electron chi connectivity index (χ0n) is 14.6. The van der Waals surface area contributed by atoms with Crippen molar-refractivity contribution in [3.05, 3.63) is 60.4 Å². The van der Waals surface area contributed by atoms with Crippen LogP contribution in [0.4, 0.5) is 41.9 Å². The van der Waals surface area contributed by atoms with E-state index in [0.29, 0.717) is 11.4 Å². The van der Waals surface area contributed by atoms with E-state index in [1.165, 1.54) is 30.6 Å². The molecule has 0 bridgehead atoms. The third-order valence-electron chi connectivity index (χ3n) is 3.63. The Morgan fingerprint density at radius 2 is 1.41 bits per heavy atom. The van der Waals surface area contributed by atoms with Crippen LogP contribution in [0.1, 0.15) is 10.4 Å². The fourth-order valence-electron chi connectivity index (χ4n) is 2.30. The highest BCUT2D eigenvalue weighted by molar-refractivity contribution is 5.88. The van der Waals surface area contributed by atoms with Gasteiger partial charge in [-0.05, 0) is 48.5 Å². The number of nitrogens with two attached hydrogens (primary N) is 1. The second-order valence-corrected chi connectivity index (χ2v) is 5.69. The number of halogens is 3. The number of aromatic carboxylic acids is 1. The minimum absolute atomic E-state index is 0.131. The van der Waals surface area contributed by atoms with Crippen LogP contribution in [-0.4, -0.2) is 27.4 Å². The first-order chi connectivity index (χ1) is 13.7. The van der Waals surface area contributed by atoms with Crippen LogP contribution in [0, 0.1) is 0 Å². The Bertz CT molecular complexity index is 1010. The molecule has 11 heteroatoms. The van der Waals surface area contributed by atoms with E-state index in [-0.39, 0.29) is 28.6 Å². The van der Waals surface area contributed by atoms with Crippen molar-refractivity contribution in [3.8, 4) is 5.75 Å². The van der Waals surface area contributed by atoms with Crippen molar-refractivity contribution < 1.29 is 27.8 Å². The molecule has 3 aromatic rings. The normalized spacial score (nSPS) is 11.0. The van der Waals surface area contributed by atoms with Crippen LogP contribution in [0.15, 0.2) is 54.9 Å². The third-order valence-corrected chi connectivity index (χ3v) is 3.63. The van der Waals surface area contributed by atoms with Gasteiger partial charge in [-0.3, -0.25) is 0 Å². The predicted molar refractivity (Wildman–Crippen MR) is 99.5 cm³/mol. The van der Waals surface area contributed by atoms with Gasteiger partial charge in [0.2, 0.25) is 0 Å². The Hall–Kier alpha value is -4.02. The summed E-state index contributed by atoms with van der Waals surface area (Å²) in [5.41, 5.74) is 7.33. The number of carbonyl (C=O) groups is 1. The number of nitrogen functional groups attached to an aromatic ring is 1.